The summed E-state index contributed by atoms with van der Waals surface area (Å²) >= 11 is 0. The third-order valence-corrected chi connectivity index (χ3v) is 2.40. The van der Waals surface area contributed by atoms with Crippen LogP contribution in [-0.4, -0.2) is 58.4 Å². The molecule has 0 aliphatic carbocycles. The normalized spacial score (nSPS) is 10.5. The molecule has 106 valence electrons. The molecule has 0 saturated heterocycles. The fourth-order valence-electron chi connectivity index (χ4n) is 1.44. The van der Waals surface area contributed by atoms with E-state index in [0.717, 1.165) is 0 Å². The van der Waals surface area contributed by atoms with Gasteiger partial charge in [0, 0.05) is 13.1 Å². The average Bonchev–Trinajstić information content (AvgIpc) is 2.84. The molecule has 2 amide bonds. The molecule has 4 N–H and O–H groups in total. The Kier molecular flexibility index (Phi) is 5.90. The first-order valence-electron chi connectivity index (χ1n) is 5.93. The molecule has 0 aliphatic rings. The molecule has 0 bridgehead atoms. The lowest BCUT2D eigenvalue weighted by Crippen LogP contribution is -2.36. The molecule has 0 fully saturated rings. The number of nitrogens with one attached hydrogen (secondary N) is 2. The molecule has 0 aliphatic heterocycles. The predicted molar refractivity (Wildman–Crippen MR) is 67.9 cm³/mol. The van der Waals surface area contributed by atoms with Gasteiger partial charge in [-0.25, -0.2) is 5.84 Å². The zero-order valence-electron chi connectivity index (χ0n) is 11.1. The number of hydrogen-bond donors (Lipinski definition) is 3. The maximum atomic E-state index is 11.3. The Morgan fingerprint density at radius 3 is 2.89 bits per heavy atom. The Labute approximate surface area is 111 Å². The smallest absolute Gasteiger partial charge is 0.287 e. The highest BCUT2D eigenvalue weighted by molar-refractivity contribution is 5.91. The van der Waals surface area contributed by atoms with Crippen LogP contribution in [0.3, 0.4) is 0 Å². The quantitative estimate of drug-likeness (QED) is 0.298. The van der Waals surface area contributed by atoms with Crippen LogP contribution in [0.4, 0.5) is 0 Å². The summed E-state index contributed by atoms with van der Waals surface area (Å²) in [7, 11) is 1.83. The number of hydrogen-bond acceptors (Lipinski definition) is 6. The number of nitrogens with two attached hydrogens (primary N) is 1. The highest BCUT2D eigenvalue weighted by atomic mass is 16.2. The Morgan fingerprint density at radius 2 is 2.26 bits per heavy atom. The van der Waals surface area contributed by atoms with Crippen molar-refractivity contribution in [2.45, 2.75) is 13.5 Å². The molecule has 1 heterocycles. The molecule has 0 aromatic carbocycles. The minimum Gasteiger partial charge on any atom is -0.355 e. The summed E-state index contributed by atoms with van der Waals surface area (Å²) in [5.41, 5.74) is 2.14. The van der Waals surface area contributed by atoms with Crippen molar-refractivity contribution in [3.05, 3.63) is 11.9 Å². The molecule has 0 radical (unpaired) electrons. The molecular weight excluding hydrogens is 250 g/mol. The molecular formula is C10H19N7O2. The predicted octanol–water partition coefficient (Wildman–Crippen LogP) is -2.05. The second-order valence-corrected chi connectivity index (χ2v) is 4.03. The van der Waals surface area contributed by atoms with E-state index in [1.165, 1.54) is 10.9 Å². The summed E-state index contributed by atoms with van der Waals surface area (Å²) < 4.78 is 1.53. The molecule has 1 aromatic rings. The third-order valence-electron chi connectivity index (χ3n) is 2.40. The summed E-state index contributed by atoms with van der Waals surface area (Å²) in [6, 6.07) is 0. The fraction of sp³-hybridized carbons (Fsp3) is 0.600. The second kappa shape index (κ2) is 7.44. The van der Waals surface area contributed by atoms with Gasteiger partial charge in [-0.3, -0.25) is 24.6 Å². The van der Waals surface area contributed by atoms with Crippen molar-refractivity contribution in [2.75, 3.05) is 26.7 Å². The summed E-state index contributed by atoms with van der Waals surface area (Å²) in [6.45, 7) is 3.95. The number of amides is 2. The van der Waals surface area contributed by atoms with E-state index < -0.39 is 5.91 Å². The van der Waals surface area contributed by atoms with Crippen LogP contribution >= 0.6 is 0 Å². The lowest BCUT2D eigenvalue weighted by molar-refractivity contribution is -0.121. The standard InChI is InChI=1S/C10H19N7O2/c1-3-12-9(18)7-16(2)4-5-17-6-8(14-15-17)10(19)13-11/h6H,3-5,7,11H2,1-2H3,(H,12,18)(H,13,19). The Balaban J connectivity index is 2.37. The van der Waals surface area contributed by atoms with Gasteiger partial charge in [0.1, 0.15) is 0 Å². The van der Waals surface area contributed by atoms with Crippen LogP contribution in [0.5, 0.6) is 0 Å². The number of aromatic nitrogens is 3. The van der Waals surface area contributed by atoms with Crippen LogP contribution in [0.1, 0.15) is 17.4 Å². The number of hydrazine groups is 1. The van der Waals surface area contributed by atoms with E-state index in [-0.39, 0.29) is 11.6 Å². The largest absolute Gasteiger partial charge is 0.355 e. The van der Waals surface area contributed by atoms with Crippen LogP contribution < -0.4 is 16.6 Å². The van der Waals surface area contributed by atoms with E-state index in [1.54, 1.807) is 0 Å². The Hall–Kier alpha value is -2.00. The summed E-state index contributed by atoms with van der Waals surface area (Å²) in [5, 5.41) is 10.2. The zero-order valence-corrected chi connectivity index (χ0v) is 11.1. The molecule has 9 nitrogen and oxygen atoms in total. The number of carbonyl (C=O) groups is 2. The van der Waals surface area contributed by atoms with Crippen LogP contribution in [0.15, 0.2) is 6.20 Å². The molecule has 0 saturated carbocycles. The fourth-order valence-corrected chi connectivity index (χ4v) is 1.44. The number of nitrogens with zero attached hydrogens (tertiary/aromatic N) is 4. The number of nitrogen functional groups attached to an aromatic ring is 1. The average molecular weight is 269 g/mol. The van der Waals surface area contributed by atoms with Crippen LogP contribution in [0.25, 0.3) is 0 Å². The van der Waals surface area contributed by atoms with Crippen molar-refractivity contribution in [3.8, 4) is 0 Å². The molecule has 0 spiro atoms. The van der Waals surface area contributed by atoms with Gasteiger partial charge < -0.3 is 5.32 Å². The van der Waals surface area contributed by atoms with Gasteiger partial charge in [0.05, 0.1) is 19.3 Å². The van der Waals surface area contributed by atoms with E-state index in [0.29, 0.717) is 26.2 Å². The maximum Gasteiger partial charge on any atom is 0.287 e. The lowest BCUT2D eigenvalue weighted by Gasteiger charge is -2.15. The van der Waals surface area contributed by atoms with Gasteiger partial charge in [-0.2, -0.15) is 0 Å². The van der Waals surface area contributed by atoms with Gasteiger partial charge in [-0.1, -0.05) is 5.21 Å². The van der Waals surface area contributed by atoms with Crippen LogP contribution in [-0.2, 0) is 11.3 Å². The second-order valence-electron chi connectivity index (χ2n) is 4.03. The number of likely N-dealkylation sites (N-methyl/N-ethyl adjacent to an activating group) is 2. The number of carbonyl (C=O) groups excluding carboxylic acids is 2. The van der Waals surface area contributed by atoms with Gasteiger partial charge in [0.15, 0.2) is 5.69 Å². The van der Waals surface area contributed by atoms with Gasteiger partial charge in [-0.05, 0) is 14.0 Å². The SMILES string of the molecule is CCNC(=O)CN(C)CCn1cc(C(=O)NN)nn1. The molecule has 1 aromatic heterocycles. The Morgan fingerprint density at radius 1 is 1.53 bits per heavy atom. The van der Waals surface area contributed by atoms with Crippen molar-refractivity contribution in [3.63, 3.8) is 0 Å². The van der Waals surface area contributed by atoms with Crippen LogP contribution in [0.2, 0.25) is 0 Å². The van der Waals surface area contributed by atoms with Gasteiger partial charge in [0.25, 0.3) is 5.91 Å². The minimum atomic E-state index is -0.484. The van der Waals surface area contributed by atoms with Crippen LogP contribution in [0, 0.1) is 0 Å². The van der Waals surface area contributed by atoms with Gasteiger partial charge >= 0.3 is 0 Å². The van der Waals surface area contributed by atoms with Crippen molar-refractivity contribution < 1.29 is 9.59 Å². The first-order valence-corrected chi connectivity index (χ1v) is 5.93. The van der Waals surface area contributed by atoms with E-state index in [1.807, 2.05) is 24.3 Å². The number of rotatable bonds is 7. The van der Waals surface area contributed by atoms with E-state index in [9.17, 15) is 9.59 Å². The molecule has 19 heavy (non-hydrogen) atoms. The first kappa shape index (κ1) is 15.1. The summed E-state index contributed by atoms with van der Waals surface area (Å²) in [5.74, 6) is 4.48. The van der Waals surface area contributed by atoms with Gasteiger partial charge in [-0.15, -0.1) is 5.10 Å². The molecule has 0 atom stereocenters. The van der Waals surface area contributed by atoms with Crippen molar-refractivity contribution >= 4 is 11.8 Å². The van der Waals surface area contributed by atoms with E-state index in [2.05, 4.69) is 15.6 Å². The highest BCUT2D eigenvalue weighted by Crippen LogP contribution is 1.93. The molecule has 0 unspecified atom stereocenters. The summed E-state index contributed by atoms with van der Waals surface area (Å²) in [6.07, 6.45) is 1.50. The molecule has 1 rings (SSSR count). The van der Waals surface area contributed by atoms with Crippen molar-refractivity contribution in [1.82, 2.24) is 30.6 Å². The molecule has 9 heteroatoms. The van der Waals surface area contributed by atoms with Crippen molar-refractivity contribution in [2.24, 2.45) is 5.84 Å². The lowest BCUT2D eigenvalue weighted by atomic mass is 10.4. The first-order chi connectivity index (χ1) is 9.06. The zero-order chi connectivity index (χ0) is 14.3. The minimum absolute atomic E-state index is 0.0215. The van der Waals surface area contributed by atoms with Crippen molar-refractivity contribution in [1.29, 1.82) is 0 Å². The third kappa shape index (κ3) is 5.02. The monoisotopic (exact) mass is 269 g/mol. The Bertz CT molecular complexity index is 431. The topological polar surface area (TPSA) is 118 Å². The maximum absolute atomic E-state index is 11.3. The summed E-state index contributed by atoms with van der Waals surface area (Å²) in [4.78, 5) is 24.4. The highest BCUT2D eigenvalue weighted by Gasteiger charge is 2.10. The van der Waals surface area contributed by atoms with E-state index in [4.69, 9.17) is 5.84 Å². The van der Waals surface area contributed by atoms with E-state index >= 15 is 0 Å². The van der Waals surface area contributed by atoms with Gasteiger partial charge in [0.2, 0.25) is 5.91 Å².